The summed E-state index contributed by atoms with van der Waals surface area (Å²) in [7, 11) is 1.49. The van der Waals surface area contributed by atoms with Crippen molar-refractivity contribution in [1.29, 1.82) is 0 Å². The van der Waals surface area contributed by atoms with Gasteiger partial charge < -0.3 is 14.7 Å². The molecule has 2 bridgehead atoms. The number of hydrazine groups is 1. The Balaban J connectivity index is 1.22. The number of amides is 1. The number of ether oxygens (including phenoxy) is 1. The van der Waals surface area contributed by atoms with Crippen molar-refractivity contribution in [2.45, 2.75) is 38.1 Å². The van der Waals surface area contributed by atoms with Crippen molar-refractivity contribution in [2.24, 2.45) is 22.9 Å². The quantitative estimate of drug-likeness (QED) is 0.225. The molecule has 2 fully saturated rings. The highest BCUT2D eigenvalue weighted by Gasteiger charge is 2.35. The van der Waals surface area contributed by atoms with Gasteiger partial charge in [0.1, 0.15) is 0 Å². The lowest BCUT2D eigenvalue weighted by molar-refractivity contribution is -0.125. The lowest BCUT2D eigenvalue weighted by Crippen LogP contribution is -2.51. The van der Waals surface area contributed by atoms with E-state index in [2.05, 4.69) is 38.4 Å². The van der Waals surface area contributed by atoms with Crippen molar-refractivity contribution in [1.82, 2.24) is 21.2 Å². The van der Waals surface area contributed by atoms with E-state index in [1.165, 1.54) is 19.7 Å². The summed E-state index contributed by atoms with van der Waals surface area (Å²) in [6, 6.07) is 5.55. The van der Waals surface area contributed by atoms with Gasteiger partial charge in [0.05, 0.1) is 13.3 Å². The molecule has 1 saturated carbocycles. The predicted molar refractivity (Wildman–Crippen MR) is 127 cm³/mol. The van der Waals surface area contributed by atoms with Crippen LogP contribution in [-0.4, -0.2) is 53.5 Å². The topological polar surface area (TPSA) is 98.2 Å². The van der Waals surface area contributed by atoms with E-state index in [0.717, 1.165) is 32.4 Å². The van der Waals surface area contributed by atoms with Crippen LogP contribution in [0.5, 0.6) is 11.5 Å². The summed E-state index contributed by atoms with van der Waals surface area (Å²) < 4.78 is 5.08. The molecule has 4 atom stereocenters. The molecule has 2 aliphatic carbocycles. The molecular weight excluding hydrogens is 426 g/mol. The van der Waals surface area contributed by atoms with Crippen LogP contribution in [0.25, 0.3) is 0 Å². The summed E-state index contributed by atoms with van der Waals surface area (Å²) in [5, 5.41) is 14.8. The number of phenolic OH excluding ortho intramolecular Hbond substituents is 1. The third kappa shape index (κ3) is 5.21. The van der Waals surface area contributed by atoms with Gasteiger partial charge in [-0.1, -0.05) is 18.2 Å². The molecule has 0 unspecified atom stereocenters. The van der Waals surface area contributed by atoms with Crippen LogP contribution in [-0.2, 0) is 4.79 Å². The summed E-state index contributed by atoms with van der Waals surface area (Å²) in [6.45, 7) is 1.55. The van der Waals surface area contributed by atoms with Crippen LogP contribution in [0.2, 0.25) is 0 Å². The van der Waals surface area contributed by atoms with Crippen molar-refractivity contribution in [3.05, 3.63) is 35.9 Å². The number of hydrogen-bond donors (Lipinski definition) is 4. The minimum Gasteiger partial charge on any atom is -0.504 e. The highest BCUT2D eigenvalue weighted by atomic mass is 32.1. The fraction of sp³-hybridized carbons (Fsp3) is 0.522. The van der Waals surface area contributed by atoms with Gasteiger partial charge in [-0.05, 0) is 68.3 Å². The summed E-state index contributed by atoms with van der Waals surface area (Å²) in [6.07, 6.45) is 10.8. The van der Waals surface area contributed by atoms with Gasteiger partial charge in [0.15, 0.2) is 16.6 Å². The third-order valence-corrected chi connectivity index (χ3v) is 7.02. The number of hydrogen-bond acceptors (Lipinski definition) is 6. The summed E-state index contributed by atoms with van der Waals surface area (Å²) in [5.41, 5.74) is 9.73. The van der Waals surface area contributed by atoms with E-state index in [1.54, 1.807) is 18.2 Å². The number of likely N-dealkylation sites (tertiary alicyclic amines) is 1. The number of fused-ring (bicyclic) bond motifs is 2. The smallest absolute Gasteiger partial charge is 0.243 e. The Morgan fingerprint density at radius 1 is 1.28 bits per heavy atom. The maximum absolute atomic E-state index is 12.6. The Morgan fingerprint density at radius 3 is 2.91 bits per heavy atom. The number of thiocarbonyl (C=S) groups is 1. The van der Waals surface area contributed by atoms with Gasteiger partial charge in [-0.25, -0.2) is 10.9 Å². The largest absolute Gasteiger partial charge is 0.504 e. The normalized spacial score (nSPS) is 26.8. The average molecular weight is 458 g/mol. The molecule has 0 spiro atoms. The molecule has 1 amide bonds. The Morgan fingerprint density at radius 2 is 2.16 bits per heavy atom. The maximum Gasteiger partial charge on any atom is 0.243 e. The van der Waals surface area contributed by atoms with E-state index in [0.29, 0.717) is 40.7 Å². The van der Waals surface area contributed by atoms with Crippen molar-refractivity contribution < 1.29 is 14.6 Å². The van der Waals surface area contributed by atoms with Crippen LogP contribution in [0.3, 0.4) is 0 Å². The standard InChI is InChI=1S/C23H31N5O3S/c1-31-20-6-2-4-18(21(20)29)14-24-26-22(30)16-5-3-10-28(11-9-16)23(32)27-25-19-13-15-7-8-17(19)12-15/h2,4,6-8,14-17,19,25,29H,3,5,9-13H2,1H3,(H,26,30)(H,27,32)/b24-14-/t15-,16-,17-,19+/m0/s1. The Kier molecular flexibility index (Phi) is 7.26. The highest BCUT2D eigenvalue weighted by Crippen LogP contribution is 2.38. The Bertz CT molecular complexity index is 906. The van der Waals surface area contributed by atoms with Crippen LogP contribution < -0.4 is 21.0 Å². The van der Waals surface area contributed by atoms with Crippen LogP contribution in [0, 0.1) is 17.8 Å². The monoisotopic (exact) mass is 457 g/mol. The lowest BCUT2D eigenvalue weighted by Gasteiger charge is -2.27. The van der Waals surface area contributed by atoms with E-state index < -0.39 is 0 Å². The molecule has 8 nitrogen and oxygen atoms in total. The first kappa shape index (κ1) is 22.5. The number of carbonyl (C=O) groups is 1. The number of allylic oxidation sites excluding steroid dienone is 1. The molecule has 1 heterocycles. The number of methoxy groups -OCH3 is 1. The molecule has 0 radical (unpaired) electrons. The van der Waals surface area contributed by atoms with E-state index in [-0.39, 0.29) is 17.6 Å². The Hall–Kier alpha value is -2.65. The van der Waals surface area contributed by atoms with Crippen molar-refractivity contribution in [2.75, 3.05) is 20.2 Å². The average Bonchev–Trinajstić information content (AvgIpc) is 3.33. The minimum absolute atomic E-state index is 0.00539. The molecule has 1 aromatic carbocycles. The number of nitrogens with zero attached hydrogens (tertiary/aromatic N) is 2. The van der Waals surface area contributed by atoms with Gasteiger partial charge in [-0.2, -0.15) is 5.10 Å². The van der Waals surface area contributed by atoms with Crippen LogP contribution in [0.1, 0.15) is 37.7 Å². The highest BCUT2D eigenvalue weighted by molar-refractivity contribution is 7.80. The molecule has 1 aromatic rings. The maximum atomic E-state index is 12.6. The molecule has 9 heteroatoms. The van der Waals surface area contributed by atoms with Crippen LogP contribution >= 0.6 is 12.2 Å². The van der Waals surface area contributed by atoms with Crippen molar-refractivity contribution in [3.63, 3.8) is 0 Å². The van der Waals surface area contributed by atoms with Gasteiger partial charge in [-0.3, -0.25) is 10.2 Å². The van der Waals surface area contributed by atoms with E-state index in [9.17, 15) is 9.90 Å². The number of phenols is 1. The van der Waals surface area contributed by atoms with Gasteiger partial charge >= 0.3 is 0 Å². The molecule has 172 valence electrons. The van der Waals surface area contributed by atoms with E-state index in [4.69, 9.17) is 17.0 Å². The second-order valence-electron chi connectivity index (χ2n) is 8.71. The van der Waals surface area contributed by atoms with Crippen LogP contribution in [0.4, 0.5) is 0 Å². The zero-order valence-corrected chi connectivity index (χ0v) is 19.1. The second kappa shape index (κ2) is 10.3. The molecule has 1 aliphatic heterocycles. The summed E-state index contributed by atoms with van der Waals surface area (Å²) in [5.74, 6) is 1.43. The van der Waals surface area contributed by atoms with Gasteiger partial charge in [0.2, 0.25) is 5.91 Å². The Labute approximate surface area is 194 Å². The second-order valence-corrected chi connectivity index (χ2v) is 9.10. The molecule has 32 heavy (non-hydrogen) atoms. The number of para-hydroxylation sites is 1. The number of hydrazone groups is 1. The van der Waals surface area contributed by atoms with Crippen molar-refractivity contribution >= 4 is 29.5 Å². The minimum atomic E-state index is -0.123. The predicted octanol–water partition coefficient (Wildman–Crippen LogP) is 2.30. The molecule has 1 saturated heterocycles. The van der Waals surface area contributed by atoms with E-state index in [1.807, 2.05) is 0 Å². The fourth-order valence-corrected chi connectivity index (χ4v) is 5.05. The first-order valence-corrected chi connectivity index (χ1v) is 11.6. The third-order valence-electron chi connectivity index (χ3n) is 6.66. The molecule has 4 N–H and O–H groups in total. The zero-order chi connectivity index (χ0) is 22.5. The van der Waals surface area contributed by atoms with Gasteiger partial charge in [0.25, 0.3) is 0 Å². The first-order chi connectivity index (χ1) is 15.5. The first-order valence-electron chi connectivity index (χ1n) is 11.2. The molecule has 3 aliphatic rings. The zero-order valence-electron chi connectivity index (χ0n) is 18.3. The molecule has 0 aromatic heterocycles. The number of aromatic hydroxyl groups is 1. The van der Waals surface area contributed by atoms with Gasteiger partial charge in [0, 0.05) is 30.6 Å². The fourth-order valence-electron chi connectivity index (χ4n) is 4.81. The van der Waals surface area contributed by atoms with Crippen LogP contribution in [0.15, 0.2) is 35.5 Å². The van der Waals surface area contributed by atoms with Crippen molar-refractivity contribution in [3.8, 4) is 11.5 Å². The van der Waals surface area contributed by atoms with E-state index >= 15 is 0 Å². The SMILES string of the molecule is COc1cccc(/C=N\NC(=O)[C@H]2CCCN(C(=S)NN[C@@H]3C[C@H]4C=C[C@H]3C4)CC2)c1O. The number of carbonyl (C=O) groups excluding carboxylic acids is 1. The molecule has 4 rings (SSSR count). The van der Waals surface area contributed by atoms with Gasteiger partial charge in [-0.15, -0.1) is 0 Å². The molecular formula is C23H31N5O3S. The summed E-state index contributed by atoms with van der Waals surface area (Å²) >= 11 is 5.59. The number of nitrogens with one attached hydrogen (secondary N) is 3. The number of rotatable bonds is 6. The number of benzene rings is 1. The lowest BCUT2D eigenvalue weighted by atomic mass is 10.0. The summed E-state index contributed by atoms with van der Waals surface area (Å²) in [4.78, 5) is 14.7.